The number of amides is 1. The minimum atomic E-state index is -0.143. The minimum absolute atomic E-state index is 0.143. The number of aromatic nitrogens is 4. The fraction of sp³-hybridized carbons (Fsp3) is 0.333. The van der Waals surface area contributed by atoms with Gasteiger partial charge in [-0.1, -0.05) is 35.9 Å². The summed E-state index contributed by atoms with van der Waals surface area (Å²) in [5.74, 6) is 1.43. The second-order valence-electron chi connectivity index (χ2n) is 9.53. The number of nitrogens with zero attached hydrogens (tertiary/aromatic N) is 4. The van der Waals surface area contributed by atoms with E-state index in [2.05, 4.69) is 21.0 Å². The number of carbonyl (C=O) groups is 1. The molecule has 1 aliphatic heterocycles. The summed E-state index contributed by atoms with van der Waals surface area (Å²) in [5.41, 5.74) is 3.60. The predicted octanol–water partition coefficient (Wildman–Crippen LogP) is 4.92. The van der Waals surface area contributed by atoms with Crippen LogP contribution in [0.4, 0.5) is 17.6 Å². The van der Waals surface area contributed by atoms with E-state index >= 15 is 0 Å². The molecular weight excluding hydrogens is 490 g/mol. The molecule has 1 saturated heterocycles. The number of ether oxygens (including phenoxy) is 1. The van der Waals surface area contributed by atoms with Gasteiger partial charge in [0.1, 0.15) is 0 Å². The first-order valence-electron chi connectivity index (χ1n) is 12.6. The van der Waals surface area contributed by atoms with E-state index in [4.69, 9.17) is 26.3 Å². The van der Waals surface area contributed by atoms with Crippen LogP contribution in [0.2, 0.25) is 5.02 Å². The van der Waals surface area contributed by atoms with Crippen molar-refractivity contribution >= 4 is 40.7 Å². The lowest BCUT2D eigenvalue weighted by molar-refractivity contribution is 0.0699. The first kappa shape index (κ1) is 23.7. The summed E-state index contributed by atoms with van der Waals surface area (Å²) >= 11 is 6.55. The molecule has 0 unspecified atom stereocenters. The van der Waals surface area contributed by atoms with Crippen LogP contribution in [-0.2, 0) is 4.74 Å². The third-order valence-corrected chi connectivity index (χ3v) is 7.04. The summed E-state index contributed by atoms with van der Waals surface area (Å²) in [6, 6.07) is 15.5. The molecule has 9 nitrogen and oxygen atoms in total. The molecule has 0 spiro atoms. The number of carbonyl (C=O) groups excluding carboxylic acids is 1. The number of hydrogen-bond acceptors (Lipinski definition) is 7. The Labute approximate surface area is 219 Å². The lowest BCUT2D eigenvalue weighted by Crippen LogP contribution is -2.25. The molecule has 0 radical (unpaired) electrons. The van der Waals surface area contributed by atoms with Crippen molar-refractivity contribution in [3.63, 3.8) is 0 Å². The Balaban J connectivity index is 1.34. The molecule has 0 bridgehead atoms. The van der Waals surface area contributed by atoms with E-state index in [1.807, 2.05) is 36.4 Å². The van der Waals surface area contributed by atoms with Crippen molar-refractivity contribution in [1.29, 1.82) is 0 Å². The van der Waals surface area contributed by atoms with E-state index in [1.165, 1.54) is 0 Å². The van der Waals surface area contributed by atoms with Crippen LogP contribution in [0.25, 0.3) is 16.8 Å². The second-order valence-corrected chi connectivity index (χ2v) is 9.94. The Kier molecular flexibility index (Phi) is 6.63. The van der Waals surface area contributed by atoms with Gasteiger partial charge in [0.25, 0.3) is 5.91 Å². The van der Waals surface area contributed by atoms with Gasteiger partial charge in [-0.3, -0.25) is 4.79 Å². The number of anilines is 3. The van der Waals surface area contributed by atoms with Crippen molar-refractivity contribution in [1.82, 2.24) is 24.9 Å². The Morgan fingerprint density at radius 2 is 1.86 bits per heavy atom. The molecule has 2 aromatic heterocycles. The molecule has 6 rings (SSSR count). The van der Waals surface area contributed by atoms with Crippen LogP contribution in [0.15, 0.2) is 54.7 Å². The van der Waals surface area contributed by atoms with Gasteiger partial charge in [-0.25, -0.2) is 0 Å². The molecule has 1 amide bonds. The predicted molar refractivity (Wildman–Crippen MR) is 143 cm³/mol. The van der Waals surface area contributed by atoms with Crippen LogP contribution in [0.5, 0.6) is 0 Å². The summed E-state index contributed by atoms with van der Waals surface area (Å²) in [6.45, 7) is 2.34. The molecule has 2 aliphatic rings. The molecular formula is C27H28ClN7O2. The zero-order valence-corrected chi connectivity index (χ0v) is 21.0. The van der Waals surface area contributed by atoms with Crippen molar-refractivity contribution < 1.29 is 9.53 Å². The number of fused-ring (bicyclic) bond motifs is 1. The molecule has 0 atom stereocenters. The third kappa shape index (κ3) is 5.38. The molecule has 4 aromatic rings. The SMILES string of the molecule is O=C(NC1CC1)c1ccc(-c2cnn3c(NCC4CCOCC4)nc(Nc4ccccc4)nc23)cc1Cl. The Morgan fingerprint density at radius 3 is 2.62 bits per heavy atom. The van der Waals surface area contributed by atoms with Crippen molar-refractivity contribution in [2.45, 2.75) is 31.7 Å². The van der Waals surface area contributed by atoms with Gasteiger partial charge in [0.2, 0.25) is 11.9 Å². The van der Waals surface area contributed by atoms with Gasteiger partial charge in [0.05, 0.1) is 16.8 Å². The van der Waals surface area contributed by atoms with E-state index in [0.717, 1.165) is 62.3 Å². The molecule has 2 fully saturated rings. The fourth-order valence-electron chi connectivity index (χ4n) is 4.45. The third-order valence-electron chi connectivity index (χ3n) is 6.72. The van der Waals surface area contributed by atoms with E-state index in [9.17, 15) is 4.79 Å². The maximum absolute atomic E-state index is 12.5. The van der Waals surface area contributed by atoms with Crippen LogP contribution in [0.3, 0.4) is 0 Å². The van der Waals surface area contributed by atoms with Crippen molar-refractivity contribution in [2.24, 2.45) is 5.92 Å². The molecule has 190 valence electrons. The van der Waals surface area contributed by atoms with Gasteiger partial charge >= 0.3 is 0 Å². The van der Waals surface area contributed by atoms with Gasteiger partial charge in [-0.05, 0) is 61.4 Å². The maximum Gasteiger partial charge on any atom is 0.253 e. The van der Waals surface area contributed by atoms with Crippen LogP contribution in [-0.4, -0.2) is 51.3 Å². The number of rotatable bonds is 8. The highest BCUT2D eigenvalue weighted by atomic mass is 35.5. The van der Waals surface area contributed by atoms with Gasteiger partial charge in [-0.2, -0.15) is 19.6 Å². The maximum atomic E-state index is 12.5. The van der Waals surface area contributed by atoms with E-state index in [0.29, 0.717) is 34.0 Å². The Morgan fingerprint density at radius 1 is 1.05 bits per heavy atom. The lowest BCUT2D eigenvalue weighted by Gasteiger charge is -2.22. The molecule has 1 saturated carbocycles. The fourth-order valence-corrected chi connectivity index (χ4v) is 4.71. The largest absolute Gasteiger partial charge is 0.381 e. The van der Waals surface area contributed by atoms with Crippen LogP contribution >= 0.6 is 11.6 Å². The summed E-state index contributed by atoms with van der Waals surface area (Å²) in [7, 11) is 0. The molecule has 3 N–H and O–H groups in total. The second kappa shape index (κ2) is 10.4. The van der Waals surface area contributed by atoms with Crippen LogP contribution in [0, 0.1) is 5.92 Å². The average molecular weight is 518 g/mol. The highest BCUT2D eigenvalue weighted by molar-refractivity contribution is 6.34. The highest BCUT2D eigenvalue weighted by Crippen LogP contribution is 2.31. The van der Waals surface area contributed by atoms with Gasteiger partial charge in [-0.15, -0.1) is 0 Å². The number of para-hydroxylation sites is 1. The first-order valence-corrected chi connectivity index (χ1v) is 13.0. The first-order chi connectivity index (χ1) is 18.1. The van der Waals surface area contributed by atoms with Crippen molar-refractivity contribution in [3.05, 3.63) is 65.3 Å². The topological polar surface area (TPSA) is 105 Å². The van der Waals surface area contributed by atoms with E-state index in [-0.39, 0.29) is 11.9 Å². The van der Waals surface area contributed by atoms with Crippen molar-refractivity contribution in [3.8, 4) is 11.1 Å². The standard InChI is InChI=1S/C27H28ClN7O2/c28-23-14-18(6-9-21(23)25(36)31-20-7-8-20)22-16-30-35-24(22)33-26(32-19-4-2-1-3-5-19)34-27(35)29-15-17-10-12-37-13-11-17/h1-6,9,14,16-17,20H,7-8,10-13,15H2,(H,31,36)(H2,29,32,33,34). The quantitative estimate of drug-likeness (QED) is 0.304. The summed E-state index contributed by atoms with van der Waals surface area (Å²) in [6.07, 6.45) is 5.83. The molecule has 10 heteroatoms. The van der Waals surface area contributed by atoms with Crippen molar-refractivity contribution in [2.75, 3.05) is 30.4 Å². The Hall–Kier alpha value is -3.69. The Bertz CT molecular complexity index is 1420. The van der Waals surface area contributed by atoms with Gasteiger partial charge < -0.3 is 20.7 Å². The normalized spacial score (nSPS) is 16.0. The van der Waals surface area contributed by atoms with Crippen LogP contribution in [0.1, 0.15) is 36.0 Å². The highest BCUT2D eigenvalue weighted by Gasteiger charge is 2.25. The smallest absolute Gasteiger partial charge is 0.253 e. The van der Waals surface area contributed by atoms with E-state index < -0.39 is 0 Å². The summed E-state index contributed by atoms with van der Waals surface area (Å²) in [5, 5.41) is 14.8. The summed E-state index contributed by atoms with van der Waals surface area (Å²) in [4.78, 5) is 22.1. The number of hydrogen-bond donors (Lipinski definition) is 3. The number of halogens is 1. The zero-order chi connectivity index (χ0) is 25.2. The summed E-state index contributed by atoms with van der Waals surface area (Å²) < 4.78 is 7.21. The van der Waals surface area contributed by atoms with Gasteiger partial charge in [0.15, 0.2) is 5.65 Å². The number of nitrogens with one attached hydrogen (secondary N) is 3. The van der Waals surface area contributed by atoms with E-state index in [1.54, 1.807) is 22.8 Å². The van der Waals surface area contributed by atoms with Gasteiger partial charge in [0, 0.05) is 37.1 Å². The molecule has 37 heavy (non-hydrogen) atoms. The average Bonchev–Trinajstić information content (AvgIpc) is 3.63. The molecule has 2 aromatic carbocycles. The molecule has 3 heterocycles. The molecule has 1 aliphatic carbocycles. The lowest BCUT2D eigenvalue weighted by atomic mass is 10.0. The zero-order valence-electron chi connectivity index (χ0n) is 20.3. The number of benzene rings is 2. The van der Waals surface area contributed by atoms with Crippen LogP contribution < -0.4 is 16.0 Å². The monoisotopic (exact) mass is 517 g/mol. The minimum Gasteiger partial charge on any atom is -0.381 e.